The number of aliphatic imine (C=N–C) groups is 1. The first-order valence-electron chi connectivity index (χ1n) is 4.59. The summed E-state index contributed by atoms with van der Waals surface area (Å²) >= 11 is 0. The van der Waals surface area contributed by atoms with Crippen LogP contribution >= 0.6 is 0 Å². The van der Waals surface area contributed by atoms with Gasteiger partial charge in [0.15, 0.2) is 5.96 Å². The van der Waals surface area contributed by atoms with E-state index in [0.717, 1.165) is 12.8 Å². The number of hydrogen-bond acceptors (Lipinski definition) is 2. The molecule has 0 aromatic rings. The number of nitrogens with zero attached hydrogens (tertiary/aromatic N) is 2. The molecule has 0 aliphatic heterocycles. The lowest BCUT2D eigenvalue weighted by Crippen LogP contribution is -2.36. The molecule has 6 nitrogen and oxygen atoms in total. The highest BCUT2D eigenvalue weighted by Gasteiger charge is 2.30. The van der Waals surface area contributed by atoms with Gasteiger partial charge in [0, 0.05) is 19.7 Å². The minimum absolute atomic E-state index is 0.0712. The Morgan fingerprint density at radius 2 is 2.21 bits per heavy atom. The van der Waals surface area contributed by atoms with Crippen molar-refractivity contribution in [1.29, 1.82) is 5.41 Å². The van der Waals surface area contributed by atoms with E-state index in [1.807, 2.05) is 4.90 Å². The zero-order valence-electron chi connectivity index (χ0n) is 8.36. The molecule has 0 saturated heterocycles. The first-order chi connectivity index (χ1) is 6.65. The molecule has 0 spiro atoms. The molecule has 0 amide bonds. The van der Waals surface area contributed by atoms with Crippen molar-refractivity contribution in [2.24, 2.45) is 16.5 Å². The minimum atomic E-state index is -0.0712. The summed E-state index contributed by atoms with van der Waals surface area (Å²) in [5.41, 5.74) is 10.4. The lowest BCUT2D eigenvalue weighted by atomic mass is 10.5. The molecule has 0 radical (unpaired) electrons. The fourth-order valence-corrected chi connectivity index (χ4v) is 1.22. The topological polar surface area (TPSA) is 101 Å². The van der Waals surface area contributed by atoms with Crippen molar-refractivity contribution in [2.75, 3.05) is 20.3 Å². The van der Waals surface area contributed by atoms with E-state index in [9.17, 15) is 0 Å². The second-order valence-corrected chi connectivity index (χ2v) is 3.28. The third-order valence-corrected chi connectivity index (χ3v) is 2.03. The summed E-state index contributed by atoms with van der Waals surface area (Å²) in [5, 5.41) is 7.65. The van der Waals surface area contributed by atoms with Gasteiger partial charge in [-0.15, -0.1) is 0 Å². The molecular formula is C8H17N5O. The maximum Gasteiger partial charge on any atom is 0.221 e. The van der Waals surface area contributed by atoms with Gasteiger partial charge in [0.1, 0.15) is 0 Å². The Kier molecular flexibility index (Phi) is 3.70. The van der Waals surface area contributed by atoms with E-state index in [4.69, 9.17) is 21.6 Å². The fourth-order valence-electron chi connectivity index (χ4n) is 1.22. The Labute approximate surface area is 83.4 Å². The van der Waals surface area contributed by atoms with Gasteiger partial charge in [-0.2, -0.15) is 4.99 Å². The van der Waals surface area contributed by atoms with Crippen molar-refractivity contribution in [3.8, 4) is 0 Å². The summed E-state index contributed by atoms with van der Waals surface area (Å²) in [4.78, 5) is 5.58. The lowest BCUT2D eigenvalue weighted by molar-refractivity contribution is 0.173. The normalized spacial score (nSPS) is 14.9. The zero-order valence-corrected chi connectivity index (χ0v) is 8.36. The number of ether oxygens (including phenoxy) is 1. The molecule has 1 aliphatic rings. The molecular weight excluding hydrogens is 182 g/mol. The molecule has 0 unspecified atom stereocenters. The number of nitrogens with one attached hydrogen (secondary N) is 1. The van der Waals surface area contributed by atoms with Gasteiger partial charge in [-0.05, 0) is 12.8 Å². The maximum absolute atomic E-state index is 7.65. The van der Waals surface area contributed by atoms with Crippen LogP contribution in [0.5, 0.6) is 0 Å². The van der Waals surface area contributed by atoms with Crippen LogP contribution in [-0.4, -0.2) is 43.1 Å². The summed E-state index contributed by atoms with van der Waals surface area (Å²) in [6, 6.07) is 0.417. The van der Waals surface area contributed by atoms with Crippen LogP contribution in [0.15, 0.2) is 4.99 Å². The molecule has 1 fully saturated rings. The molecule has 1 saturated carbocycles. The second kappa shape index (κ2) is 4.80. The summed E-state index contributed by atoms with van der Waals surface area (Å²) in [6.07, 6.45) is 2.21. The van der Waals surface area contributed by atoms with E-state index >= 15 is 0 Å². The van der Waals surface area contributed by atoms with Crippen LogP contribution in [-0.2, 0) is 4.74 Å². The van der Waals surface area contributed by atoms with Crippen LogP contribution in [0.4, 0.5) is 0 Å². The summed E-state index contributed by atoms with van der Waals surface area (Å²) in [6.45, 7) is 1.25. The van der Waals surface area contributed by atoms with Gasteiger partial charge in [-0.1, -0.05) is 0 Å². The number of methoxy groups -OCH3 is 1. The maximum atomic E-state index is 7.65. The molecule has 1 rings (SSSR count). The van der Waals surface area contributed by atoms with Crippen LogP contribution in [0.25, 0.3) is 0 Å². The molecule has 0 atom stereocenters. The average molecular weight is 199 g/mol. The number of guanidine groups is 2. The van der Waals surface area contributed by atoms with Crippen LogP contribution < -0.4 is 11.5 Å². The molecule has 80 valence electrons. The second-order valence-electron chi connectivity index (χ2n) is 3.28. The van der Waals surface area contributed by atoms with Crippen molar-refractivity contribution in [3.63, 3.8) is 0 Å². The fraction of sp³-hybridized carbons (Fsp3) is 0.750. The van der Waals surface area contributed by atoms with Gasteiger partial charge in [-0.25, -0.2) is 0 Å². The molecule has 0 bridgehead atoms. The molecule has 6 heteroatoms. The van der Waals surface area contributed by atoms with Crippen molar-refractivity contribution in [2.45, 2.75) is 18.9 Å². The van der Waals surface area contributed by atoms with Gasteiger partial charge in [0.2, 0.25) is 5.96 Å². The first-order valence-corrected chi connectivity index (χ1v) is 4.59. The predicted molar refractivity (Wildman–Crippen MR) is 55.1 cm³/mol. The molecule has 5 N–H and O–H groups in total. The zero-order chi connectivity index (χ0) is 10.6. The molecule has 14 heavy (non-hydrogen) atoms. The Balaban J connectivity index is 2.48. The van der Waals surface area contributed by atoms with Crippen molar-refractivity contribution < 1.29 is 4.74 Å². The van der Waals surface area contributed by atoms with E-state index in [1.165, 1.54) is 0 Å². The monoisotopic (exact) mass is 199 g/mol. The Morgan fingerprint density at radius 3 is 2.64 bits per heavy atom. The van der Waals surface area contributed by atoms with E-state index in [-0.39, 0.29) is 11.9 Å². The Bertz CT molecular complexity index is 232. The Morgan fingerprint density at radius 1 is 1.57 bits per heavy atom. The largest absolute Gasteiger partial charge is 0.383 e. The summed E-state index contributed by atoms with van der Waals surface area (Å²) in [7, 11) is 1.63. The highest BCUT2D eigenvalue weighted by atomic mass is 16.5. The van der Waals surface area contributed by atoms with Gasteiger partial charge in [0.25, 0.3) is 0 Å². The van der Waals surface area contributed by atoms with Crippen LogP contribution in [0.2, 0.25) is 0 Å². The predicted octanol–water partition coefficient (Wildman–Crippen LogP) is -0.695. The van der Waals surface area contributed by atoms with Crippen molar-refractivity contribution >= 4 is 11.9 Å². The van der Waals surface area contributed by atoms with E-state index in [1.54, 1.807) is 7.11 Å². The van der Waals surface area contributed by atoms with Gasteiger partial charge < -0.3 is 21.1 Å². The summed E-state index contributed by atoms with van der Waals surface area (Å²) in [5.74, 6) is 0.0580. The number of hydrogen-bond donors (Lipinski definition) is 3. The van der Waals surface area contributed by atoms with Crippen molar-refractivity contribution in [1.82, 2.24) is 4.90 Å². The lowest BCUT2D eigenvalue weighted by Gasteiger charge is -2.21. The molecule has 0 aromatic carbocycles. The van der Waals surface area contributed by atoms with E-state index in [0.29, 0.717) is 19.2 Å². The van der Waals surface area contributed by atoms with Crippen molar-refractivity contribution in [3.05, 3.63) is 0 Å². The molecule has 1 aliphatic carbocycles. The van der Waals surface area contributed by atoms with Gasteiger partial charge >= 0.3 is 0 Å². The standard InChI is InChI=1S/C8H17N5O/c1-14-5-4-13(6-2-3-6)8(11)12-7(9)10/h6H,2-5H2,1H3,(H5,9,10,11,12). The third-order valence-electron chi connectivity index (χ3n) is 2.03. The number of rotatable bonds is 4. The van der Waals surface area contributed by atoms with Crippen LogP contribution in [0, 0.1) is 5.41 Å². The smallest absolute Gasteiger partial charge is 0.221 e. The third kappa shape index (κ3) is 3.21. The van der Waals surface area contributed by atoms with E-state index < -0.39 is 0 Å². The molecule has 0 aromatic heterocycles. The van der Waals surface area contributed by atoms with Crippen LogP contribution in [0.3, 0.4) is 0 Å². The summed E-state index contributed by atoms with van der Waals surface area (Å²) < 4.78 is 4.96. The quantitative estimate of drug-likeness (QED) is 0.412. The molecule has 0 heterocycles. The van der Waals surface area contributed by atoms with E-state index in [2.05, 4.69) is 4.99 Å². The van der Waals surface area contributed by atoms with Crippen LogP contribution in [0.1, 0.15) is 12.8 Å². The SMILES string of the molecule is COCCN(C(=N)N=C(N)N)C1CC1. The first kappa shape index (κ1) is 10.8. The van der Waals surface area contributed by atoms with Gasteiger partial charge in [-0.3, -0.25) is 5.41 Å². The number of nitrogens with two attached hydrogens (primary N) is 2. The Hall–Kier alpha value is -1.30. The average Bonchev–Trinajstić information content (AvgIpc) is 2.87. The van der Waals surface area contributed by atoms with Gasteiger partial charge in [0.05, 0.1) is 6.61 Å². The highest BCUT2D eigenvalue weighted by molar-refractivity contribution is 5.91. The minimum Gasteiger partial charge on any atom is -0.383 e. The highest BCUT2D eigenvalue weighted by Crippen LogP contribution is 2.26.